The Morgan fingerprint density at radius 3 is 0.568 bits per heavy atom. The first-order valence-electron chi connectivity index (χ1n) is 13.5. The largest absolute Gasteiger partial charge is 0.354 e. The van der Waals surface area contributed by atoms with Crippen molar-refractivity contribution >= 4 is 105 Å². The number of halogens is 6. The van der Waals surface area contributed by atoms with E-state index in [0.717, 1.165) is 0 Å². The van der Waals surface area contributed by atoms with Crippen LogP contribution in [-0.4, -0.2) is 159 Å². The molecule has 0 saturated heterocycles. The fourth-order valence-corrected chi connectivity index (χ4v) is 3.64. The highest BCUT2D eigenvalue weighted by Gasteiger charge is 2.09. The van der Waals surface area contributed by atoms with E-state index in [1.807, 2.05) is 9.80 Å². The second-order valence-electron chi connectivity index (χ2n) is 8.58. The summed E-state index contributed by atoms with van der Waals surface area (Å²) >= 11 is 32.3. The van der Waals surface area contributed by atoms with Crippen molar-refractivity contribution in [2.75, 3.05) is 114 Å². The molecule has 0 aromatic heterocycles. The zero-order valence-electron chi connectivity index (χ0n) is 24.3. The quantitative estimate of drug-likeness (QED) is 0.0660. The molecule has 256 valence electrons. The monoisotopic (exact) mass is 748 g/mol. The topological polar surface area (TPSA) is 181 Å². The zero-order chi connectivity index (χ0) is 33.6. The number of nitrogens with one attached hydrogen (secondary N) is 6. The van der Waals surface area contributed by atoms with Gasteiger partial charge in [0, 0.05) is 78.5 Å². The third-order valence-corrected chi connectivity index (χ3v) is 6.69. The van der Waals surface area contributed by atoms with Gasteiger partial charge in [0.05, 0.1) is 0 Å². The summed E-state index contributed by atoms with van der Waals surface area (Å²) in [7, 11) is 0. The maximum Gasteiger partial charge on any atom is 0.234 e. The van der Waals surface area contributed by atoms with Gasteiger partial charge in [0.25, 0.3) is 0 Å². The van der Waals surface area contributed by atoms with Crippen molar-refractivity contribution in [3.8, 4) is 0 Å². The van der Waals surface area contributed by atoms with Crippen molar-refractivity contribution < 1.29 is 28.8 Å². The highest BCUT2D eigenvalue weighted by Crippen LogP contribution is 1.89. The predicted octanol–water partition coefficient (Wildman–Crippen LogP) is -1.29. The van der Waals surface area contributed by atoms with Crippen molar-refractivity contribution in [1.82, 2.24) is 41.7 Å². The van der Waals surface area contributed by atoms with E-state index in [0.29, 0.717) is 78.5 Å². The van der Waals surface area contributed by atoms with Crippen LogP contribution >= 0.6 is 69.6 Å². The third-order valence-electron chi connectivity index (χ3n) is 5.23. The normalized spacial score (nSPS) is 10.4. The number of hydrogen-bond acceptors (Lipinski definition) is 8. The van der Waals surface area contributed by atoms with Crippen LogP contribution in [0.15, 0.2) is 0 Å². The molecule has 0 aliphatic carbocycles. The lowest BCUT2D eigenvalue weighted by Crippen LogP contribution is -2.43. The SMILES string of the molecule is O=C(CCl)NCCN(CCNC(=O)CCl)CCNC(=O)CCl.O=C(CCl)NCCN(CCNC(=O)CCl)CCNC(=O)CCl. The van der Waals surface area contributed by atoms with Crippen molar-refractivity contribution in [2.45, 2.75) is 0 Å². The van der Waals surface area contributed by atoms with Crippen molar-refractivity contribution in [2.24, 2.45) is 0 Å². The van der Waals surface area contributed by atoms with Gasteiger partial charge in [-0.25, -0.2) is 0 Å². The van der Waals surface area contributed by atoms with Gasteiger partial charge in [-0.2, -0.15) is 0 Å². The molecular formula is C24H42Cl6N8O6. The molecule has 6 amide bonds. The second-order valence-corrected chi connectivity index (χ2v) is 10.2. The Morgan fingerprint density at radius 1 is 0.318 bits per heavy atom. The van der Waals surface area contributed by atoms with Crippen molar-refractivity contribution in [1.29, 1.82) is 0 Å². The van der Waals surface area contributed by atoms with E-state index in [1.54, 1.807) is 0 Å². The maximum atomic E-state index is 11.1. The molecule has 0 rings (SSSR count). The Labute approximate surface area is 288 Å². The molecule has 0 fully saturated rings. The number of rotatable bonds is 24. The molecule has 0 saturated carbocycles. The fourth-order valence-electron chi connectivity index (χ4n) is 3.07. The van der Waals surface area contributed by atoms with Crippen LogP contribution < -0.4 is 31.9 Å². The molecule has 0 unspecified atom stereocenters. The van der Waals surface area contributed by atoms with Gasteiger partial charge in [0.2, 0.25) is 35.4 Å². The number of carbonyl (C=O) groups excluding carboxylic acids is 6. The lowest BCUT2D eigenvalue weighted by molar-refractivity contribution is -0.119. The Bertz CT molecular complexity index is 678. The van der Waals surface area contributed by atoms with Crippen LogP contribution in [0.2, 0.25) is 0 Å². The third kappa shape index (κ3) is 29.2. The average Bonchev–Trinajstić information content (AvgIpc) is 3.03. The second kappa shape index (κ2) is 31.5. The molecule has 0 spiro atoms. The number of nitrogens with zero attached hydrogens (tertiary/aromatic N) is 2. The fraction of sp³-hybridized carbons (Fsp3) is 0.750. The lowest BCUT2D eigenvalue weighted by atomic mass is 10.4. The Kier molecular flexibility index (Phi) is 31.9. The molecular weight excluding hydrogens is 709 g/mol. The minimum Gasteiger partial charge on any atom is -0.354 e. The Hall–Kier alpha value is -1.52. The molecule has 0 radical (unpaired) electrons. The van der Waals surface area contributed by atoms with Gasteiger partial charge in [-0.1, -0.05) is 0 Å². The van der Waals surface area contributed by atoms with E-state index in [-0.39, 0.29) is 70.7 Å². The lowest BCUT2D eigenvalue weighted by Gasteiger charge is -2.22. The maximum absolute atomic E-state index is 11.1. The van der Waals surface area contributed by atoms with Crippen LogP contribution in [0, 0.1) is 0 Å². The molecule has 0 aromatic carbocycles. The van der Waals surface area contributed by atoms with Crippen LogP contribution in [0.25, 0.3) is 0 Å². The van der Waals surface area contributed by atoms with E-state index >= 15 is 0 Å². The van der Waals surface area contributed by atoms with Crippen LogP contribution in [0.5, 0.6) is 0 Å². The Morgan fingerprint density at radius 2 is 0.455 bits per heavy atom. The van der Waals surface area contributed by atoms with Crippen LogP contribution in [0.3, 0.4) is 0 Å². The summed E-state index contributed by atoms with van der Waals surface area (Å²) in [6, 6.07) is 0. The first-order valence-corrected chi connectivity index (χ1v) is 16.7. The van der Waals surface area contributed by atoms with Gasteiger partial charge in [-0.05, 0) is 0 Å². The first kappa shape index (κ1) is 44.6. The van der Waals surface area contributed by atoms with E-state index in [4.69, 9.17) is 69.6 Å². The number of amides is 6. The van der Waals surface area contributed by atoms with E-state index in [2.05, 4.69) is 31.9 Å². The van der Waals surface area contributed by atoms with Gasteiger partial charge < -0.3 is 31.9 Å². The van der Waals surface area contributed by atoms with Crippen LogP contribution in [0.1, 0.15) is 0 Å². The summed E-state index contributed by atoms with van der Waals surface area (Å²) in [6.07, 6.45) is 0. The molecule has 6 N–H and O–H groups in total. The minimum atomic E-state index is -0.243. The van der Waals surface area contributed by atoms with Gasteiger partial charge >= 0.3 is 0 Å². The molecule has 20 heteroatoms. The van der Waals surface area contributed by atoms with Gasteiger partial charge in [0.1, 0.15) is 35.3 Å². The molecule has 44 heavy (non-hydrogen) atoms. The van der Waals surface area contributed by atoms with E-state index in [1.165, 1.54) is 0 Å². The predicted molar refractivity (Wildman–Crippen MR) is 175 cm³/mol. The summed E-state index contributed by atoms with van der Waals surface area (Å²) in [5.74, 6) is -1.97. The molecule has 0 bridgehead atoms. The summed E-state index contributed by atoms with van der Waals surface area (Å²) < 4.78 is 0. The average molecular weight is 751 g/mol. The van der Waals surface area contributed by atoms with Crippen molar-refractivity contribution in [3.63, 3.8) is 0 Å². The summed E-state index contributed by atoms with van der Waals surface area (Å²) in [5.41, 5.74) is 0. The number of hydrogen-bond donors (Lipinski definition) is 6. The number of carbonyl (C=O) groups is 6. The smallest absolute Gasteiger partial charge is 0.234 e. The van der Waals surface area contributed by atoms with E-state index in [9.17, 15) is 28.8 Å². The molecule has 0 aromatic rings. The molecule has 0 heterocycles. The van der Waals surface area contributed by atoms with Crippen LogP contribution in [0.4, 0.5) is 0 Å². The Balaban J connectivity index is 0. The standard InChI is InChI=1S/2C12H21Cl3N4O3/c2*13-7-10(20)16-1-4-19(5-2-17-11(21)8-14)6-3-18-12(22)9-15/h2*1-9H2,(H,16,20)(H,17,21)(H,18,22). The summed E-state index contributed by atoms with van der Waals surface area (Å²) in [5, 5.41) is 15.9. The molecule has 0 aliphatic rings. The first-order chi connectivity index (χ1) is 21.1. The van der Waals surface area contributed by atoms with Gasteiger partial charge in [0.15, 0.2) is 0 Å². The molecule has 0 aliphatic heterocycles. The zero-order valence-corrected chi connectivity index (χ0v) is 28.9. The van der Waals surface area contributed by atoms with Crippen LogP contribution in [-0.2, 0) is 28.8 Å². The molecule has 14 nitrogen and oxygen atoms in total. The molecule has 0 atom stereocenters. The summed E-state index contributed by atoms with van der Waals surface area (Å²) in [6.45, 7) is 5.97. The minimum absolute atomic E-state index is 0.0858. The van der Waals surface area contributed by atoms with Gasteiger partial charge in [-0.15, -0.1) is 69.6 Å². The highest BCUT2D eigenvalue weighted by molar-refractivity contribution is 6.28. The summed E-state index contributed by atoms with van der Waals surface area (Å²) in [4.78, 5) is 70.4. The highest BCUT2D eigenvalue weighted by atomic mass is 35.5. The van der Waals surface area contributed by atoms with Crippen molar-refractivity contribution in [3.05, 3.63) is 0 Å². The van der Waals surface area contributed by atoms with E-state index < -0.39 is 0 Å². The van der Waals surface area contributed by atoms with Gasteiger partial charge in [-0.3, -0.25) is 38.6 Å². The number of alkyl halides is 6.